The summed E-state index contributed by atoms with van der Waals surface area (Å²) in [5, 5.41) is 0.353. The molecule has 0 aliphatic carbocycles. The number of benzene rings is 2. The van der Waals surface area contributed by atoms with Gasteiger partial charge in [-0.2, -0.15) is 0 Å². The van der Waals surface area contributed by atoms with Crippen molar-refractivity contribution in [1.82, 2.24) is 9.55 Å². The lowest BCUT2D eigenvalue weighted by molar-refractivity contribution is 0.628. The van der Waals surface area contributed by atoms with Gasteiger partial charge in [-0.15, -0.1) is 0 Å². The maximum Gasteiger partial charge on any atom is 0.144 e. The Morgan fingerprint density at radius 1 is 1.09 bits per heavy atom. The molecule has 0 unspecified atom stereocenters. The summed E-state index contributed by atoms with van der Waals surface area (Å²) in [5.74, 6) is 0.143. The minimum atomic E-state index is -0.376. The first-order chi connectivity index (χ1) is 10.7. The minimum absolute atomic E-state index is 0.327. The summed E-state index contributed by atoms with van der Waals surface area (Å²) in [6.07, 6.45) is 3.46. The second kappa shape index (κ2) is 6.30. The Hall–Kier alpha value is -2.17. The molecule has 3 aromatic rings. The van der Waals surface area contributed by atoms with Crippen LogP contribution in [0.25, 0.3) is 11.4 Å². The molecule has 112 valence electrons. The summed E-state index contributed by atoms with van der Waals surface area (Å²) in [5.41, 5.74) is 8.09. The van der Waals surface area contributed by atoms with E-state index in [9.17, 15) is 4.39 Å². The molecule has 0 amide bonds. The molecule has 0 bridgehead atoms. The molecule has 0 spiro atoms. The molecule has 0 radical (unpaired) electrons. The average molecular weight is 316 g/mol. The van der Waals surface area contributed by atoms with Gasteiger partial charge in [0, 0.05) is 25.5 Å². The fraction of sp³-hybridized carbons (Fsp3) is 0.118. The lowest BCUT2D eigenvalue weighted by Gasteiger charge is -2.10. The first-order valence-electron chi connectivity index (χ1n) is 6.92. The molecule has 3 rings (SSSR count). The van der Waals surface area contributed by atoms with Crippen LogP contribution in [0.15, 0.2) is 54.9 Å². The third kappa shape index (κ3) is 2.89. The van der Waals surface area contributed by atoms with Crippen LogP contribution < -0.4 is 5.73 Å². The van der Waals surface area contributed by atoms with Gasteiger partial charge in [0.05, 0.1) is 10.6 Å². The summed E-state index contributed by atoms with van der Waals surface area (Å²) in [4.78, 5) is 4.26. The van der Waals surface area contributed by atoms with E-state index in [0.29, 0.717) is 29.5 Å². The SMILES string of the molecule is NCc1ccc(Cn2ccnc2-c2c(F)cccc2Cl)cc1. The molecule has 1 aromatic heterocycles. The van der Waals surface area contributed by atoms with Crippen molar-refractivity contribution in [2.45, 2.75) is 13.1 Å². The summed E-state index contributed by atoms with van der Waals surface area (Å²) < 4.78 is 16.0. The Kier molecular flexibility index (Phi) is 4.22. The van der Waals surface area contributed by atoms with E-state index < -0.39 is 0 Å². The topological polar surface area (TPSA) is 43.8 Å². The third-order valence-corrected chi connectivity index (χ3v) is 3.83. The first kappa shape index (κ1) is 14.8. The first-order valence-corrected chi connectivity index (χ1v) is 7.30. The highest BCUT2D eigenvalue weighted by Gasteiger charge is 2.14. The number of halogens is 2. The van der Waals surface area contributed by atoms with Gasteiger partial charge in [0.1, 0.15) is 11.6 Å². The smallest absolute Gasteiger partial charge is 0.144 e. The van der Waals surface area contributed by atoms with Crippen molar-refractivity contribution in [1.29, 1.82) is 0 Å². The average Bonchev–Trinajstić information content (AvgIpc) is 2.96. The Morgan fingerprint density at radius 2 is 1.82 bits per heavy atom. The van der Waals surface area contributed by atoms with E-state index >= 15 is 0 Å². The number of aromatic nitrogens is 2. The van der Waals surface area contributed by atoms with Gasteiger partial charge in [-0.25, -0.2) is 9.37 Å². The zero-order valence-corrected chi connectivity index (χ0v) is 12.6. The molecule has 2 N–H and O–H groups in total. The van der Waals surface area contributed by atoms with Gasteiger partial charge >= 0.3 is 0 Å². The van der Waals surface area contributed by atoms with E-state index in [4.69, 9.17) is 17.3 Å². The van der Waals surface area contributed by atoms with Crippen molar-refractivity contribution >= 4 is 11.6 Å². The molecule has 0 aliphatic rings. The number of imidazole rings is 1. The lowest BCUT2D eigenvalue weighted by atomic mass is 10.1. The van der Waals surface area contributed by atoms with E-state index in [0.717, 1.165) is 11.1 Å². The van der Waals surface area contributed by atoms with Gasteiger partial charge in [0.15, 0.2) is 0 Å². The largest absolute Gasteiger partial charge is 0.326 e. The predicted octanol–water partition coefficient (Wildman–Crippen LogP) is 3.85. The van der Waals surface area contributed by atoms with Crippen LogP contribution in [-0.4, -0.2) is 9.55 Å². The summed E-state index contributed by atoms with van der Waals surface area (Å²) >= 11 is 6.13. The Labute approximate surface area is 133 Å². The van der Waals surface area contributed by atoms with Crippen molar-refractivity contribution in [3.05, 3.63) is 76.8 Å². The molecule has 0 atom stereocenters. The van der Waals surface area contributed by atoms with Crippen LogP contribution in [0.4, 0.5) is 4.39 Å². The van der Waals surface area contributed by atoms with Crippen LogP contribution in [0.1, 0.15) is 11.1 Å². The molecule has 1 heterocycles. The number of nitrogens with two attached hydrogens (primary N) is 1. The summed E-state index contributed by atoms with van der Waals surface area (Å²) in [6.45, 7) is 1.10. The molecular formula is C17H15ClFN3. The number of nitrogens with zero attached hydrogens (tertiary/aromatic N) is 2. The van der Waals surface area contributed by atoms with Crippen LogP contribution in [0.5, 0.6) is 0 Å². The Bertz CT molecular complexity index is 761. The molecule has 3 nitrogen and oxygen atoms in total. The van der Waals surface area contributed by atoms with Gasteiger partial charge in [0.25, 0.3) is 0 Å². The van der Waals surface area contributed by atoms with Crippen LogP contribution >= 0.6 is 11.6 Å². The Morgan fingerprint density at radius 3 is 2.50 bits per heavy atom. The summed E-state index contributed by atoms with van der Waals surface area (Å²) in [7, 11) is 0. The van der Waals surface area contributed by atoms with Crippen LogP contribution in [0.3, 0.4) is 0 Å². The van der Waals surface area contributed by atoms with Gasteiger partial charge in [-0.05, 0) is 23.3 Å². The fourth-order valence-electron chi connectivity index (χ4n) is 2.35. The second-order valence-corrected chi connectivity index (χ2v) is 5.40. The standard InChI is InChI=1S/C17H15ClFN3/c18-14-2-1-3-15(19)16(14)17-21-8-9-22(17)11-13-6-4-12(10-20)5-7-13/h1-9H,10-11,20H2. The highest BCUT2D eigenvalue weighted by Crippen LogP contribution is 2.29. The Balaban J connectivity index is 1.95. The van der Waals surface area contributed by atoms with Crippen LogP contribution in [0.2, 0.25) is 5.02 Å². The molecule has 0 saturated heterocycles. The normalized spacial score (nSPS) is 10.9. The van der Waals surface area contributed by atoms with Gasteiger partial charge < -0.3 is 10.3 Å². The molecule has 5 heteroatoms. The van der Waals surface area contributed by atoms with Gasteiger partial charge in [0.2, 0.25) is 0 Å². The minimum Gasteiger partial charge on any atom is -0.326 e. The van der Waals surface area contributed by atoms with Crippen molar-refractivity contribution in [3.8, 4) is 11.4 Å². The predicted molar refractivity (Wildman–Crippen MR) is 86.1 cm³/mol. The zero-order chi connectivity index (χ0) is 15.5. The fourth-order valence-corrected chi connectivity index (χ4v) is 2.60. The summed E-state index contributed by atoms with van der Waals surface area (Å²) in [6, 6.07) is 12.6. The molecule has 0 aliphatic heterocycles. The van der Waals surface area contributed by atoms with Crippen LogP contribution in [-0.2, 0) is 13.1 Å². The van der Waals surface area contributed by atoms with Crippen molar-refractivity contribution in [2.75, 3.05) is 0 Å². The maximum atomic E-state index is 14.1. The quantitative estimate of drug-likeness (QED) is 0.794. The number of hydrogen-bond acceptors (Lipinski definition) is 2. The van der Waals surface area contributed by atoms with E-state index in [1.807, 2.05) is 35.0 Å². The van der Waals surface area contributed by atoms with E-state index in [1.54, 1.807) is 18.3 Å². The lowest BCUT2D eigenvalue weighted by Crippen LogP contribution is -2.03. The highest BCUT2D eigenvalue weighted by molar-refractivity contribution is 6.33. The highest BCUT2D eigenvalue weighted by atomic mass is 35.5. The van der Waals surface area contributed by atoms with E-state index in [2.05, 4.69) is 4.98 Å². The molecule has 22 heavy (non-hydrogen) atoms. The zero-order valence-electron chi connectivity index (χ0n) is 11.8. The number of hydrogen-bond donors (Lipinski definition) is 1. The third-order valence-electron chi connectivity index (χ3n) is 3.51. The van der Waals surface area contributed by atoms with E-state index in [1.165, 1.54) is 6.07 Å². The number of rotatable bonds is 4. The van der Waals surface area contributed by atoms with Crippen molar-refractivity contribution in [2.24, 2.45) is 5.73 Å². The van der Waals surface area contributed by atoms with E-state index in [-0.39, 0.29) is 5.82 Å². The van der Waals surface area contributed by atoms with Gasteiger partial charge in [-0.1, -0.05) is 41.9 Å². The molecule has 2 aromatic carbocycles. The second-order valence-electron chi connectivity index (χ2n) is 5.00. The molecule has 0 fully saturated rings. The molecular weight excluding hydrogens is 301 g/mol. The van der Waals surface area contributed by atoms with Crippen molar-refractivity contribution < 1.29 is 4.39 Å². The van der Waals surface area contributed by atoms with Crippen molar-refractivity contribution in [3.63, 3.8) is 0 Å². The monoisotopic (exact) mass is 315 g/mol. The van der Waals surface area contributed by atoms with Crippen LogP contribution in [0, 0.1) is 5.82 Å². The molecule has 0 saturated carbocycles. The maximum absolute atomic E-state index is 14.1. The van der Waals surface area contributed by atoms with Gasteiger partial charge in [-0.3, -0.25) is 0 Å².